The summed E-state index contributed by atoms with van der Waals surface area (Å²) in [5, 5.41) is 4.25. The van der Waals surface area contributed by atoms with E-state index in [0.717, 1.165) is 31.6 Å². The van der Waals surface area contributed by atoms with Crippen molar-refractivity contribution in [2.45, 2.75) is 38.1 Å². The number of halogens is 1. The van der Waals surface area contributed by atoms with Crippen LogP contribution in [-0.4, -0.2) is 14.8 Å². The SMILES string of the molecule is CCn1ncnc1CCCC(Cl)c1ccccc1. The summed E-state index contributed by atoms with van der Waals surface area (Å²) in [7, 11) is 0. The van der Waals surface area contributed by atoms with E-state index in [9.17, 15) is 0 Å². The molecule has 0 saturated carbocycles. The van der Waals surface area contributed by atoms with E-state index >= 15 is 0 Å². The van der Waals surface area contributed by atoms with Gasteiger partial charge in [0.15, 0.2) is 0 Å². The topological polar surface area (TPSA) is 30.7 Å². The maximum absolute atomic E-state index is 6.38. The third kappa shape index (κ3) is 3.33. The van der Waals surface area contributed by atoms with Gasteiger partial charge in [0.1, 0.15) is 12.2 Å². The fourth-order valence-electron chi connectivity index (χ4n) is 2.01. The standard InChI is InChI=1S/C14H18ClN3/c1-2-18-14(16-11-17-18)10-6-9-13(15)12-7-4-3-5-8-12/h3-5,7-8,11,13H,2,6,9-10H2,1H3. The fourth-order valence-corrected chi connectivity index (χ4v) is 2.31. The largest absolute Gasteiger partial charge is 0.250 e. The average Bonchev–Trinajstić information content (AvgIpc) is 2.87. The van der Waals surface area contributed by atoms with E-state index < -0.39 is 0 Å². The molecule has 2 aromatic rings. The van der Waals surface area contributed by atoms with Gasteiger partial charge in [-0.15, -0.1) is 11.6 Å². The van der Waals surface area contributed by atoms with E-state index in [2.05, 4.69) is 29.1 Å². The molecule has 0 fully saturated rings. The van der Waals surface area contributed by atoms with Gasteiger partial charge in [-0.05, 0) is 25.3 Å². The predicted octanol–water partition coefficient (Wildman–Crippen LogP) is 3.60. The van der Waals surface area contributed by atoms with Crippen molar-refractivity contribution in [3.63, 3.8) is 0 Å². The first-order valence-corrected chi connectivity index (χ1v) is 6.80. The van der Waals surface area contributed by atoms with Gasteiger partial charge < -0.3 is 0 Å². The Hall–Kier alpha value is -1.35. The van der Waals surface area contributed by atoms with Gasteiger partial charge in [-0.2, -0.15) is 5.10 Å². The number of rotatable bonds is 6. The van der Waals surface area contributed by atoms with Gasteiger partial charge in [-0.1, -0.05) is 30.3 Å². The molecule has 0 spiro atoms. The molecule has 0 bridgehead atoms. The van der Waals surface area contributed by atoms with Crippen LogP contribution in [0.4, 0.5) is 0 Å². The summed E-state index contributed by atoms with van der Waals surface area (Å²) in [6.07, 6.45) is 4.54. The molecule has 1 atom stereocenters. The fraction of sp³-hybridized carbons (Fsp3) is 0.429. The quantitative estimate of drug-likeness (QED) is 0.746. The molecule has 1 aromatic heterocycles. The van der Waals surface area contributed by atoms with E-state index in [4.69, 9.17) is 11.6 Å². The summed E-state index contributed by atoms with van der Waals surface area (Å²) in [4.78, 5) is 4.27. The van der Waals surface area contributed by atoms with Crippen molar-refractivity contribution in [2.75, 3.05) is 0 Å². The molecular formula is C14H18ClN3. The maximum Gasteiger partial charge on any atom is 0.138 e. The molecule has 1 aromatic carbocycles. The minimum Gasteiger partial charge on any atom is -0.250 e. The Morgan fingerprint density at radius 2 is 2.06 bits per heavy atom. The van der Waals surface area contributed by atoms with Crippen LogP contribution in [0.5, 0.6) is 0 Å². The molecule has 4 heteroatoms. The smallest absolute Gasteiger partial charge is 0.138 e. The second kappa shape index (κ2) is 6.55. The summed E-state index contributed by atoms with van der Waals surface area (Å²) in [6, 6.07) is 10.2. The second-order valence-corrected chi connectivity index (χ2v) is 4.79. The molecule has 96 valence electrons. The number of nitrogens with zero attached hydrogens (tertiary/aromatic N) is 3. The zero-order valence-corrected chi connectivity index (χ0v) is 11.3. The number of hydrogen-bond donors (Lipinski definition) is 0. The highest BCUT2D eigenvalue weighted by Gasteiger charge is 2.08. The van der Waals surface area contributed by atoms with Crippen molar-refractivity contribution in [1.29, 1.82) is 0 Å². The Bertz CT molecular complexity index is 467. The Morgan fingerprint density at radius 1 is 1.28 bits per heavy atom. The lowest BCUT2D eigenvalue weighted by Gasteiger charge is -2.09. The van der Waals surface area contributed by atoms with Crippen LogP contribution in [0.3, 0.4) is 0 Å². The van der Waals surface area contributed by atoms with Crippen molar-refractivity contribution >= 4 is 11.6 Å². The number of aryl methyl sites for hydroxylation is 2. The van der Waals surface area contributed by atoms with Crippen LogP contribution in [0.2, 0.25) is 0 Å². The zero-order chi connectivity index (χ0) is 12.8. The molecule has 1 heterocycles. The van der Waals surface area contributed by atoms with Gasteiger partial charge in [0.05, 0.1) is 5.38 Å². The van der Waals surface area contributed by atoms with Crippen molar-refractivity contribution in [3.8, 4) is 0 Å². The highest BCUT2D eigenvalue weighted by molar-refractivity contribution is 6.20. The van der Waals surface area contributed by atoms with Crippen LogP contribution in [-0.2, 0) is 13.0 Å². The Morgan fingerprint density at radius 3 is 2.78 bits per heavy atom. The third-order valence-corrected chi connectivity index (χ3v) is 3.48. The molecule has 1 unspecified atom stereocenters. The van der Waals surface area contributed by atoms with Crippen molar-refractivity contribution in [1.82, 2.24) is 14.8 Å². The van der Waals surface area contributed by atoms with Gasteiger partial charge in [-0.3, -0.25) is 4.68 Å². The van der Waals surface area contributed by atoms with Crippen LogP contribution in [0.25, 0.3) is 0 Å². The zero-order valence-electron chi connectivity index (χ0n) is 10.6. The lowest BCUT2D eigenvalue weighted by Crippen LogP contribution is -2.04. The Balaban J connectivity index is 1.82. The molecule has 18 heavy (non-hydrogen) atoms. The van der Waals surface area contributed by atoms with Crippen LogP contribution in [0.1, 0.15) is 36.5 Å². The monoisotopic (exact) mass is 263 g/mol. The molecule has 0 aliphatic heterocycles. The molecule has 0 aliphatic carbocycles. The van der Waals surface area contributed by atoms with Crippen LogP contribution in [0.15, 0.2) is 36.7 Å². The lowest BCUT2D eigenvalue weighted by atomic mass is 10.1. The van der Waals surface area contributed by atoms with Crippen molar-refractivity contribution < 1.29 is 0 Å². The van der Waals surface area contributed by atoms with Crippen LogP contribution < -0.4 is 0 Å². The van der Waals surface area contributed by atoms with Gasteiger partial charge in [0, 0.05) is 13.0 Å². The van der Waals surface area contributed by atoms with Crippen LogP contribution in [0, 0.1) is 0 Å². The highest BCUT2D eigenvalue weighted by Crippen LogP contribution is 2.25. The van der Waals surface area contributed by atoms with Crippen molar-refractivity contribution in [3.05, 3.63) is 48.0 Å². The maximum atomic E-state index is 6.38. The minimum atomic E-state index is 0.0872. The summed E-state index contributed by atoms with van der Waals surface area (Å²) in [6.45, 7) is 2.95. The van der Waals surface area contributed by atoms with Crippen LogP contribution >= 0.6 is 11.6 Å². The average molecular weight is 264 g/mol. The van der Waals surface area contributed by atoms with E-state index in [1.807, 2.05) is 22.9 Å². The normalized spacial score (nSPS) is 12.6. The highest BCUT2D eigenvalue weighted by atomic mass is 35.5. The molecule has 0 amide bonds. The predicted molar refractivity (Wildman–Crippen MR) is 73.7 cm³/mol. The first-order chi connectivity index (χ1) is 8.81. The molecule has 2 rings (SSSR count). The van der Waals surface area contributed by atoms with E-state index in [1.165, 1.54) is 5.56 Å². The molecule has 0 N–H and O–H groups in total. The number of aromatic nitrogens is 3. The second-order valence-electron chi connectivity index (χ2n) is 4.26. The molecule has 0 saturated heterocycles. The summed E-state index contributed by atoms with van der Waals surface area (Å²) >= 11 is 6.38. The van der Waals surface area contributed by atoms with E-state index in [1.54, 1.807) is 6.33 Å². The first kappa shape index (κ1) is 13.1. The summed E-state index contributed by atoms with van der Waals surface area (Å²) in [5.74, 6) is 1.05. The Labute approximate surface area is 113 Å². The van der Waals surface area contributed by atoms with Gasteiger partial charge in [0.2, 0.25) is 0 Å². The Kier molecular flexibility index (Phi) is 4.76. The number of alkyl halides is 1. The van der Waals surface area contributed by atoms with E-state index in [-0.39, 0.29) is 5.38 Å². The van der Waals surface area contributed by atoms with Gasteiger partial charge >= 0.3 is 0 Å². The number of benzene rings is 1. The third-order valence-electron chi connectivity index (χ3n) is 3.01. The van der Waals surface area contributed by atoms with Crippen molar-refractivity contribution in [2.24, 2.45) is 0 Å². The minimum absolute atomic E-state index is 0.0872. The molecule has 0 aliphatic rings. The van der Waals surface area contributed by atoms with Gasteiger partial charge in [0.25, 0.3) is 0 Å². The summed E-state index contributed by atoms with van der Waals surface area (Å²) in [5.41, 5.74) is 1.19. The molecule has 0 radical (unpaired) electrons. The lowest BCUT2D eigenvalue weighted by molar-refractivity contribution is 0.591. The molecular weight excluding hydrogens is 246 g/mol. The van der Waals surface area contributed by atoms with E-state index in [0.29, 0.717) is 0 Å². The van der Waals surface area contributed by atoms with Gasteiger partial charge in [-0.25, -0.2) is 4.98 Å². The molecule has 3 nitrogen and oxygen atoms in total. The summed E-state index contributed by atoms with van der Waals surface area (Å²) < 4.78 is 1.94. The number of hydrogen-bond acceptors (Lipinski definition) is 2. The first-order valence-electron chi connectivity index (χ1n) is 6.37.